The summed E-state index contributed by atoms with van der Waals surface area (Å²) in [7, 11) is 0. The third kappa shape index (κ3) is 2.01. The molecular formula is C17H17N7. The molecule has 6 heterocycles. The van der Waals surface area contributed by atoms with E-state index in [2.05, 4.69) is 40.8 Å². The number of hydrogen-bond donors (Lipinski definition) is 0. The molecule has 0 aliphatic carbocycles. The third-order valence-electron chi connectivity index (χ3n) is 4.97. The van der Waals surface area contributed by atoms with Crippen molar-refractivity contribution in [1.82, 2.24) is 24.9 Å². The van der Waals surface area contributed by atoms with E-state index in [-0.39, 0.29) is 0 Å². The highest BCUT2D eigenvalue weighted by atomic mass is 15.4. The lowest BCUT2D eigenvalue weighted by molar-refractivity contribution is 0.288. The smallest absolute Gasteiger partial charge is 0.140 e. The molecule has 2 atom stereocenters. The van der Waals surface area contributed by atoms with Crippen LogP contribution in [0.25, 0.3) is 10.9 Å². The maximum Gasteiger partial charge on any atom is 0.140 e. The number of piperazine rings is 1. The van der Waals surface area contributed by atoms with E-state index < -0.39 is 0 Å². The van der Waals surface area contributed by atoms with E-state index in [9.17, 15) is 0 Å². The zero-order chi connectivity index (χ0) is 16.1. The molecule has 3 aromatic heterocycles. The van der Waals surface area contributed by atoms with Crippen LogP contribution < -0.4 is 9.80 Å². The first-order chi connectivity index (χ1) is 11.8. The molecule has 3 aromatic rings. The lowest BCUT2D eigenvalue weighted by atomic mass is 9.87. The Labute approximate surface area is 139 Å². The topological polar surface area (TPSA) is 70.9 Å². The van der Waals surface area contributed by atoms with Crippen molar-refractivity contribution in [3.8, 4) is 0 Å². The van der Waals surface area contributed by atoms with Gasteiger partial charge in [-0.25, -0.2) is 19.9 Å². The molecule has 24 heavy (non-hydrogen) atoms. The minimum atomic E-state index is 0.463. The van der Waals surface area contributed by atoms with Gasteiger partial charge in [-0.2, -0.15) is 0 Å². The van der Waals surface area contributed by atoms with Crippen molar-refractivity contribution in [2.75, 3.05) is 22.9 Å². The van der Waals surface area contributed by atoms with Crippen LogP contribution in [0.2, 0.25) is 0 Å². The van der Waals surface area contributed by atoms with Crippen LogP contribution in [0.3, 0.4) is 0 Å². The molecule has 3 fully saturated rings. The predicted octanol–water partition coefficient (Wildman–Crippen LogP) is 1.59. The van der Waals surface area contributed by atoms with E-state index in [4.69, 9.17) is 0 Å². The zero-order valence-corrected chi connectivity index (χ0v) is 13.4. The van der Waals surface area contributed by atoms with Crippen LogP contribution in [0.1, 0.15) is 12.1 Å². The highest BCUT2D eigenvalue weighted by Crippen LogP contribution is 2.39. The summed E-state index contributed by atoms with van der Waals surface area (Å²) in [5.74, 6) is 2.05. The van der Waals surface area contributed by atoms with E-state index in [1.165, 1.54) is 6.42 Å². The minimum absolute atomic E-state index is 0.463. The second kappa shape index (κ2) is 5.09. The molecule has 3 saturated heterocycles. The molecule has 0 amide bonds. The summed E-state index contributed by atoms with van der Waals surface area (Å²) in [5, 5.41) is 1.08. The molecule has 0 spiro atoms. The largest absolute Gasteiger partial charge is 0.352 e. The van der Waals surface area contributed by atoms with E-state index in [0.29, 0.717) is 12.1 Å². The number of aromatic nitrogens is 5. The maximum absolute atomic E-state index is 4.57. The quantitative estimate of drug-likeness (QED) is 0.710. The number of fused-ring (bicyclic) bond motifs is 3. The Morgan fingerprint density at radius 3 is 2.71 bits per heavy atom. The third-order valence-corrected chi connectivity index (χ3v) is 4.97. The summed E-state index contributed by atoms with van der Waals surface area (Å²) in [5.41, 5.74) is 1.90. The number of aryl methyl sites for hydroxylation is 1. The molecule has 120 valence electrons. The first-order valence-corrected chi connectivity index (χ1v) is 8.16. The van der Waals surface area contributed by atoms with Gasteiger partial charge >= 0.3 is 0 Å². The summed E-state index contributed by atoms with van der Waals surface area (Å²) in [4.78, 5) is 26.5. The molecule has 2 unspecified atom stereocenters. The van der Waals surface area contributed by atoms with Crippen LogP contribution >= 0.6 is 0 Å². The molecule has 3 aliphatic heterocycles. The Kier molecular flexibility index (Phi) is 2.88. The van der Waals surface area contributed by atoms with Gasteiger partial charge < -0.3 is 9.80 Å². The van der Waals surface area contributed by atoms with Gasteiger partial charge in [-0.3, -0.25) is 4.98 Å². The van der Waals surface area contributed by atoms with E-state index in [1.54, 1.807) is 25.0 Å². The number of pyridine rings is 1. The zero-order valence-electron chi connectivity index (χ0n) is 13.4. The summed E-state index contributed by atoms with van der Waals surface area (Å²) >= 11 is 0. The summed E-state index contributed by atoms with van der Waals surface area (Å²) in [6.45, 7) is 3.93. The van der Waals surface area contributed by atoms with Crippen LogP contribution in [0, 0.1) is 6.92 Å². The Morgan fingerprint density at radius 2 is 1.88 bits per heavy atom. The molecule has 7 heteroatoms. The summed E-state index contributed by atoms with van der Waals surface area (Å²) < 4.78 is 0. The van der Waals surface area contributed by atoms with Gasteiger partial charge in [0, 0.05) is 36.4 Å². The van der Waals surface area contributed by atoms with Crippen molar-refractivity contribution in [1.29, 1.82) is 0 Å². The fourth-order valence-electron chi connectivity index (χ4n) is 3.86. The average Bonchev–Trinajstić information content (AvgIpc) is 2.62. The van der Waals surface area contributed by atoms with Gasteiger partial charge in [-0.05, 0) is 19.4 Å². The lowest BCUT2D eigenvalue weighted by Gasteiger charge is -2.57. The number of piperidine rings is 1. The second-order valence-electron chi connectivity index (χ2n) is 6.46. The van der Waals surface area contributed by atoms with Crippen LogP contribution in [-0.2, 0) is 0 Å². The molecule has 0 saturated carbocycles. The van der Waals surface area contributed by atoms with E-state index >= 15 is 0 Å². The van der Waals surface area contributed by atoms with Crippen LogP contribution in [0.15, 0.2) is 37.2 Å². The van der Waals surface area contributed by atoms with Crippen molar-refractivity contribution in [2.45, 2.75) is 25.4 Å². The average molecular weight is 319 g/mol. The molecule has 0 N–H and O–H groups in total. The van der Waals surface area contributed by atoms with Gasteiger partial charge in [0.2, 0.25) is 0 Å². The number of rotatable bonds is 2. The SMILES string of the molecule is Cc1cc(N2CC3CC(C2)N3c2ncnc3cnccc23)ncn1. The Balaban J connectivity index is 1.45. The van der Waals surface area contributed by atoms with Crippen molar-refractivity contribution >= 4 is 22.5 Å². The maximum atomic E-state index is 4.57. The minimum Gasteiger partial charge on any atom is -0.352 e. The van der Waals surface area contributed by atoms with Crippen LogP contribution in [0.4, 0.5) is 11.6 Å². The number of nitrogens with zero attached hydrogens (tertiary/aromatic N) is 7. The van der Waals surface area contributed by atoms with Crippen molar-refractivity contribution < 1.29 is 0 Å². The molecule has 0 aromatic carbocycles. The molecule has 6 rings (SSSR count). The fourth-order valence-corrected chi connectivity index (χ4v) is 3.86. The Bertz CT molecular complexity index is 895. The van der Waals surface area contributed by atoms with Gasteiger partial charge in [0.05, 0.1) is 23.8 Å². The number of hydrogen-bond acceptors (Lipinski definition) is 7. The van der Waals surface area contributed by atoms with Gasteiger partial charge in [0.15, 0.2) is 0 Å². The Morgan fingerprint density at radius 1 is 1.04 bits per heavy atom. The van der Waals surface area contributed by atoms with Gasteiger partial charge in [0.25, 0.3) is 0 Å². The van der Waals surface area contributed by atoms with Crippen molar-refractivity contribution in [2.24, 2.45) is 0 Å². The molecule has 7 nitrogen and oxygen atoms in total. The van der Waals surface area contributed by atoms with E-state index in [0.717, 1.165) is 41.3 Å². The van der Waals surface area contributed by atoms with Gasteiger partial charge in [0.1, 0.15) is 24.3 Å². The van der Waals surface area contributed by atoms with Gasteiger partial charge in [-0.1, -0.05) is 0 Å². The summed E-state index contributed by atoms with van der Waals surface area (Å²) in [6.07, 6.45) is 8.09. The molecular weight excluding hydrogens is 302 g/mol. The second-order valence-corrected chi connectivity index (χ2v) is 6.46. The Hall–Kier alpha value is -2.83. The van der Waals surface area contributed by atoms with Gasteiger partial charge in [-0.15, -0.1) is 0 Å². The molecule has 0 radical (unpaired) electrons. The van der Waals surface area contributed by atoms with Crippen LogP contribution in [0.5, 0.6) is 0 Å². The van der Waals surface area contributed by atoms with Crippen molar-refractivity contribution in [3.05, 3.63) is 42.9 Å². The monoisotopic (exact) mass is 319 g/mol. The standard InChI is InChI=1S/C17H17N7/c1-11-4-16(21-9-19-11)23-7-12-5-13(8-23)24(12)17-14-2-3-18-6-15(14)20-10-22-17/h2-4,6,9-10,12-13H,5,7-8H2,1H3. The highest BCUT2D eigenvalue weighted by Gasteiger charge is 2.46. The number of anilines is 2. The fraction of sp³-hybridized carbons (Fsp3) is 0.353. The van der Waals surface area contributed by atoms with E-state index in [1.807, 2.05) is 13.0 Å². The first kappa shape index (κ1) is 13.6. The predicted molar refractivity (Wildman–Crippen MR) is 91.0 cm³/mol. The highest BCUT2D eigenvalue weighted by molar-refractivity contribution is 5.89. The lowest BCUT2D eigenvalue weighted by Crippen LogP contribution is -2.69. The van der Waals surface area contributed by atoms with Crippen LogP contribution in [-0.4, -0.2) is 50.1 Å². The summed E-state index contributed by atoms with van der Waals surface area (Å²) in [6, 6.07) is 4.99. The first-order valence-electron chi connectivity index (χ1n) is 8.16. The normalized spacial score (nSPS) is 22.5. The van der Waals surface area contributed by atoms with Crippen molar-refractivity contribution in [3.63, 3.8) is 0 Å². The molecule has 3 aliphatic rings. The molecule has 2 bridgehead atoms.